The topological polar surface area (TPSA) is 82.0 Å². The van der Waals surface area contributed by atoms with Gasteiger partial charge in [0.15, 0.2) is 6.19 Å². The molecule has 1 fully saturated rings. The van der Waals surface area contributed by atoms with Gasteiger partial charge in [0.2, 0.25) is 11.8 Å². The highest BCUT2D eigenvalue weighted by Gasteiger charge is 2.23. The molecule has 1 rings (SSSR count). The van der Waals surface area contributed by atoms with E-state index in [9.17, 15) is 9.59 Å². The number of carbonyl (C=O) groups is 2. The minimum Gasteiger partial charge on any atom is -0.355 e. The van der Waals surface area contributed by atoms with Gasteiger partial charge >= 0.3 is 0 Å². The van der Waals surface area contributed by atoms with Crippen molar-refractivity contribution in [2.75, 3.05) is 6.54 Å². The van der Waals surface area contributed by atoms with Crippen molar-refractivity contribution in [1.82, 2.24) is 10.6 Å². The number of nitrogens with one attached hydrogen (secondary N) is 2. The third-order valence-corrected chi connectivity index (χ3v) is 1.82. The number of piperidine rings is 1. The summed E-state index contributed by atoms with van der Waals surface area (Å²) in [5.41, 5.74) is 0. The Morgan fingerprint density at radius 2 is 2.50 bits per heavy atom. The zero-order valence-electron chi connectivity index (χ0n) is 6.46. The van der Waals surface area contributed by atoms with E-state index in [-0.39, 0.29) is 17.7 Å². The molecule has 1 aliphatic rings. The van der Waals surface area contributed by atoms with E-state index in [0.29, 0.717) is 19.4 Å². The van der Waals surface area contributed by atoms with Gasteiger partial charge in [-0.05, 0) is 6.42 Å². The third kappa shape index (κ3) is 1.95. The molecule has 0 radical (unpaired) electrons. The van der Waals surface area contributed by atoms with Crippen molar-refractivity contribution in [2.24, 2.45) is 5.92 Å². The lowest BCUT2D eigenvalue weighted by atomic mass is 9.98. The van der Waals surface area contributed by atoms with E-state index >= 15 is 0 Å². The molecule has 0 aliphatic carbocycles. The molecule has 0 aromatic rings. The fraction of sp³-hybridized carbons (Fsp3) is 0.571. The number of nitriles is 1. The minimum atomic E-state index is -0.308. The van der Waals surface area contributed by atoms with E-state index in [2.05, 4.69) is 5.32 Å². The second-order valence-corrected chi connectivity index (χ2v) is 2.64. The molecular formula is C7H9N3O2. The highest BCUT2D eigenvalue weighted by molar-refractivity contribution is 5.84. The summed E-state index contributed by atoms with van der Waals surface area (Å²) in [5, 5.41) is 12.8. The van der Waals surface area contributed by atoms with Crippen LogP contribution in [0.2, 0.25) is 0 Å². The van der Waals surface area contributed by atoms with Crippen LogP contribution in [0.3, 0.4) is 0 Å². The molecule has 2 N–H and O–H groups in total. The first-order valence-electron chi connectivity index (χ1n) is 3.69. The molecule has 64 valence electrons. The summed E-state index contributed by atoms with van der Waals surface area (Å²) in [4.78, 5) is 21.7. The summed E-state index contributed by atoms with van der Waals surface area (Å²) in [5.74, 6) is -0.587. The molecule has 1 aliphatic heterocycles. The van der Waals surface area contributed by atoms with Crippen molar-refractivity contribution < 1.29 is 9.59 Å². The second kappa shape index (κ2) is 3.72. The fourth-order valence-corrected chi connectivity index (χ4v) is 1.11. The molecule has 0 aromatic heterocycles. The van der Waals surface area contributed by atoms with Crippen molar-refractivity contribution in [2.45, 2.75) is 12.8 Å². The van der Waals surface area contributed by atoms with Crippen LogP contribution in [0.5, 0.6) is 0 Å². The fourth-order valence-electron chi connectivity index (χ4n) is 1.11. The maximum absolute atomic E-state index is 11.0. The molecule has 1 heterocycles. The third-order valence-electron chi connectivity index (χ3n) is 1.82. The van der Waals surface area contributed by atoms with Gasteiger partial charge in [-0.1, -0.05) is 0 Å². The smallest absolute Gasteiger partial charge is 0.237 e. The first-order valence-corrected chi connectivity index (χ1v) is 3.69. The molecule has 1 saturated heterocycles. The molecular weight excluding hydrogens is 158 g/mol. The van der Waals surface area contributed by atoms with Gasteiger partial charge in [-0.3, -0.25) is 14.9 Å². The van der Waals surface area contributed by atoms with Crippen LogP contribution in [0.15, 0.2) is 0 Å². The Labute approximate surface area is 69.7 Å². The van der Waals surface area contributed by atoms with Crippen molar-refractivity contribution in [3.8, 4) is 6.19 Å². The van der Waals surface area contributed by atoms with E-state index < -0.39 is 0 Å². The number of rotatable bonds is 1. The highest BCUT2D eigenvalue weighted by atomic mass is 16.2. The lowest BCUT2D eigenvalue weighted by molar-refractivity contribution is -0.128. The minimum absolute atomic E-state index is 0.0315. The Hall–Kier alpha value is -1.57. The van der Waals surface area contributed by atoms with Crippen LogP contribution in [0.25, 0.3) is 0 Å². The predicted molar refractivity (Wildman–Crippen MR) is 39.5 cm³/mol. The normalized spacial score (nSPS) is 22.2. The summed E-state index contributed by atoms with van der Waals surface area (Å²) in [6, 6.07) is 0. The number of hydrogen-bond donors (Lipinski definition) is 2. The van der Waals surface area contributed by atoms with Crippen LogP contribution in [-0.4, -0.2) is 18.4 Å². The Balaban J connectivity index is 2.40. The van der Waals surface area contributed by atoms with Crippen molar-refractivity contribution in [1.29, 1.82) is 5.26 Å². The molecule has 2 amide bonds. The summed E-state index contributed by atoms with van der Waals surface area (Å²) < 4.78 is 0. The Morgan fingerprint density at radius 1 is 1.75 bits per heavy atom. The van der Waals surface area contributed by atoms with Gasteiger partial charge < -0.3 is 5.32 Å². The summed E-state index contributed by atoms with van der Waals surface area (Å²) >= 11 is 0. The predicted octanol–water partition coefficient (Wildman–Crippen LogP) is -0.890. The van der Waals surface area contributed by atoms with Crippen LogP contribution in [0, 0.1) is 17.4 Å². The molecule has 0 saturated carbocycles. The lowest BCUT2D eigenvalue weighted by Gasteiger charge is -2.19. The summed E-state index contributed by atoms with van der Waals surface area (Å²) in [6.07, 6.45) is 2.46. The zero-order chi connectivity index (χ0) is 8.97. The van der Waals surface area contributed by atoms with E-state index in [4.69, 9.17) is 5.26 Å². The Bertz CT molecular complexity index is 234. The number of hydrogen-bond acceptors (Lipinski definition) is 3. The van der Waals surface area contributed by atoms with Crippen LogP contribution in [-0.2, 0) is 9.59 Å². The van der Waals surface area contributed by atoms with Gasteiger partial charge in [0.05, 0.1) is 5.92 Å². The maximum Gasteiger partial charge on any atom is 0.237 e. The van der Waals surface area contributed by atoms with E-state index in [1.165, 1.54) is 0 Å². The van der Waals surface area contributed by atoms with Gasteiger partial charge in [-0.2, -0.15) is 5.26 Å². The van der Waals surface area contributed by atoms with Gasteiger partial charge in [0.1, 0.15) is 0 Å². The molecule has 1 atom stereocenters. The number of amides is 2. The first-order chi connectivity index (χ1) is 5.74. The number of carbonyl (C=O) groups excluding carboxylic acids is 2. The maximum atomic E-state index is 11.0. The SMILES string of the molecule is N#CNC(=O)C1CCC(=O)NC1. The van der Waals surface area contributed by atoms with Gasteiger partial charge in [0, 0.05) is 13.0 Å². The van der Waals surface area contributed by atoms with Gasteiger partial charge in [-0.25, -0.2) is 0 Å². The van der Waals surface area contributed by atoms with Crippen LogP contribution in [0.1, 0.15) is 12.8 Å². The van der Waals surface area contributed by atoms with Crippen LogP contribution in [0.4, 0.5) is 0 Å². The molecule has 0 spiro atoms. The summed E-state index contributed by atoms with van der Waals surface area (Å²) in [7, 11) is 0. The molecule has 5 heteroatoms. The average Bonchev–Trinajstić information content (AvgIpc) is 2.06. The molecule has 5 nitrogen and oxygen atoms in total. The van der Waals surface area contributed by atoms with E-state index in [1.807, 2.05) is 5.32 Å². The summed E-state index contributed by atoms with van der Waals surface area (Å²) in [6.45, 7) is 0.340. The Morgan fingerprint density at radius 3 is 3.00 bits per heavy atom. The standard InChI is InChI=1S/C7H9N3O2/c8-4-10-7(12)5-1-2-6(11)9-3-5/h5H,1-3H2,(H,9,11)(H,10,12). The van der Waals surface area contributed by atoms with Gasteiger partial charge in [0.25, 0.3) is 0 Å². The molecule has 12 heavy (non-hydrogen) atoms. The Kier molecular flexibility index (Phi) is 2.64. The quantitative estimate of drug-likeness (QED) is 0.392. The van der Waals surface area contributed by atoms with E-state index in [1.54, 1.807) is 6.19 Å². The van der Waals surface area contributed by atoms with Gasteiger partial charge in [-0.15, -0.1) is 0 Å². The molecule has 1 unspecified atom stereocenters. The van der Waals surface area contributed by atoms with E-state index in [0.717, 1.165) is 0 Å². The monoisotopic (exact) mass is 167 g/mol. The van der Waals surface area contributed by atoms with Crippen LogP contribution >= 0.6 is 0 Å². The largest absolute Gasteiger partial charge is 0.355 e. The van der Waals surface area contributed by atoms with Crippen molar-refractivity contribution in [3.05, 3.63) is 0 Å². The zero-order valence-corrected chi connectivity index (χ0v) is 6.46. The first kappa shape index (κ1) is 8.53. The van der Waals surface area contributed by atoms with Crippen molar-refractivity contribution >= 4 is 11.8 Å². The molecule has 0 aromatic carbocycles. The van der Waals surface area contributed by atoms with Crippen molar-refractivity contribution in [3.63, 3.8) is 0 Å². The van der Waals surface area contributed by atoms with Crippen LogP contribution < -0.4 is 10.6 Å². The lowest BCUT2D eigenvalue weighted by Crippen LogP contribution is -2.41. The number of nitrogens with zero attached hydrogens (tertiary/aromatic N) is 1. The second-order valence-electron chi connectivity index (χ2n) is 2.64. The average molecular weight is 167 g/mol. The molecule has 0 bridgehead atoms. The highest BCUT2D eigenvalue weighted by Crippen LogP contribution is 2.09.